The fraction of sp³-hybridized carbons (Fsp3) is 0.800. The first-order chi connectivity index (χ1) is 18.4. The number of ether oxygens (including phenoxy) is 1. The summed E-state index contributed by atoms with van der Waals surface area (Å²) in [5.41, 5.74) is 3.05. The summed E-state index contributed by atoms with van der Waals surface area (Å²) >= 11 is 0. The van der Waals surface area contributed by atoms with E-state index in [1.807, 2.05) is 0 Å². The molecule has 0 aliphatic carbocycles. The van der Waals surface area contributed by atoms with Gasteiger partial charge in [-0.25, -0.2) is 0 Å². The van der Waals surface area contributed by atoms with Gasteiger partial charge in [0.2, 0.25) is 0 Å². The molecule has 0 aromatic heterocycles. The van der Waals surface area contributed by atoms with Crippen LogP contribution in [0, 0.1) is 0 Å². The Morgan fingerprint density at radius 1 is 0.658 bits per heavy atom. The Bertz CT molecular complexity index is 693. The highest BCUT2D eigenvalue weighted by molar-refractivity contribution is 5.69. The van der Waals surface area contributed by atoms with Crippen LogP contribution in [0.25, 0.3) is 0 Å². The van der Waals surface area contributed by atoms with Gasteiger partial charge in [-0.15, -0.1) is 0 Å². The molecule has 1 aromatic rings. The van der Waals surface area contributed by atoms with Crippen molar-refractivity contribution in [1.29, 1.82) is 0 Å². The van der Waals surface area contributed by atoms with Crippen molar-refractivity contribution in [3.8, 4) is 5.75 Å². The second-order valence-corrected chi connectivity index (χ2v) is 12.2. The number of hydrogen-bond acceptors (Lipinski definition) is 3. The largest absolute Gasteiger partial charge is 0.507 e. The second kappa shape index (κ2) is 22.3. The van der Waals surface area contributed by atoms with Gasteiger partial charge in [-0.05, 0) is 41.4 Å². The van der Waals surface area contributed by atoms with Crippen molar-refractivity contribution in [2.45, 2.75) is 175 Å². The number of benzene rings is 1. The lowest BCUT2D eigenvalue weighted by molar-refractivity contribution is -0.143. The smallest absolute Gasteiger partial charge is 0.306 e. The Morgan fingerprint density at radius 3 is 1.39 bits per heavy atom. The molecule has 0 spiro atoms. The normalized spacial score (nSPS) is 11.6. The van der Waals surface area contributed by atoms with Crippen molar-refractivity contribution in [1.82, 2.24) is 0 Å². The lowest BCUT2D eigenvalue weighted by Crippen LogP contribution is -2.08. The SMILES string of the molecule is CCCCCCCCCCCCCCCCCCCCOC(=O)CCc1cc(C(C)C)c(O)c(C(C)C)c1. The number of phenols is 1. The quantitative estimate of drug-likeness (QED) is 0.107. The van der Waals surface area contributed by atoms with E-state index in [0.717, 1.165) is 29.5 Å². The average Bonchev–Trinajstić information content (AvgIpc) is 2.89. The van der Waals surface area contributed by atoms with Gasteiger partial charge in [-0.1, -0.05) is 156 Å². The van der Waals surface area contributed by atoms with Crippen molar-refractivity contribution in [3.63, 3.8) is 0 Å². The van der Waals surface area contributed by atoms with Crippen LogP contribution < -0.4 is 0 Å². The zero-order valence-corrected chi connectivity index (χ0v) is 25.9. The topological polar surface area (TPSA) is 46.5 Å². The molecule has 3 heteroatoms. The molecule has 1 aromatic carbocycles. The van der Waals surface area contributed by atoms with E-state index >= 15 is 0 Å². The van der Waals surface area contributed by atoms with Crippen molar-refractivity contribution >= 4 is 5.97 Å². The molecule has 220 valence electrons. The van der Waals surface area contributed by atoms with Crippen molar-refractivity contribution in [2.75, 3.05) is 6.61 Å². The van der Waals surface area contributed by atoms with Crippen LogP contribution in [0.1, 0.15) is 185 Å². The van der Waals surface area contributed by atoms with Gasteiger partial charge in [-0.3, -0.25) is 4.79 Å². The Labute approximate surface area is 236 Å². The first-order valence-corrected chi connectivity index (χ1v) is 16.4. The molecule has 0 fully saturated rings. The van der Waals surface area contributed by atoms with Crippen LogP contribution >= 0.6 is 0 Å². The van der Waals surface area contributed by atoms with Crippen LogP contribution in [0.3, 0.4) is 0 Å². The second-order valence-electron chi connectivity index (χ2n) is 12.2. The van der Waals surface area contributed by atoms with E-state index in [1.165, 1.54) is 103 Å². The molecule has 0 saturated carbocycles. The number of aryl methyl sites for hydroxylation is 1. The average molecular weight is 531 g/mol. The summed E-state index contributed by atoms with van der Waals surface area (Å²) in [7, 11) is 0. The van der Waals surface area contributed by atoms with E-state index in [2.05, 4.69) is 46.8 Å². The number of rotatable bonds is 24. The molecule has 1 N–H and O–H groups in total. The third-order valence-corrected chi connectivity index (χ3v) is 7.85. The Hall–Kier alpha value is -1.51. The molecule has 38 heavy (non-hydrogen) atoms. The predicted octanol–water partition coefficient (Wildman–Crippen LogP) is 11.2. The summed E-state index contributed by atoms with van der Waals surface area (Å²) in [5, 5.41) is 10.6. The Morgan fingerprint density at radius 2 is 1.03 bits per heavy atom. The number of esters is 1. The zero-order valence-electron chi connectivity index (χ0n) is 25.9. The van der Waals surface area contributed by atoms with E-state index in [9.17, 15) is 9.90 Å². The number of phenolic OH excluding ortho intramolecular Hbond substituents is 1. The third-order valence-electron chi connectivity index (χ3n) is 7.85. The molecule has 0 aliphatic heterocycles. The molecule has 0 atom stereocenters. The number of aromatic hydroxyl groups is 1. The maximum atomic E-state index is 12.2. The summed E-state index contributed by atoms with van der Waals surface area (Å²) in [6.45, 7) is 11.2. The van der Waals surface area contributed by atoms with E-state index in [4.69, 9.17) is 4.74 Å². The highest BCUT2D eigenvalue weighted by Gasteiger charge is 2.16. The fourth-order valence-electron chi connectivity index (χ4n) is 5.28. The van der Waals surface area contributed by atoms with Crippen LogP contribution in [0.15, 0.2) is 12.1 Å². The number of unbranched alkanes of at least 4 members (excludes halogenated alkanes) is 17. The van der Waals surface area contributed by atoms with Gasteiger partial charge >= 0.3 is 5.97 Å². The van der Waals surface area contributed by atoms with Crippen LogP contribution in [0.5, 0.6) is 5.75 Å². The highest BCUT2D eigenvalue weighted by Crippen LogP contribution is 2.35. The molecule has 0 unspecified atom stereocenters. The molecule has 0 bridgehead atoms. The number of carbonyl (C=O) groups excluding carboxylic acids is 1. The summed E-state index contributed by atoms with van der Waals surface area (Å²) < 4.78 is 5.48. The predicted molar refractivity (Wildman–Crippen MR) is 164 cm³/mol. The summed E-state index contributed by atoms with van der Waals surface area (Å²) in [5.74, 6) is 0.811. The molecule has 0 radical (unpaired) electrons. The Balaban J connectivity index is 1.97. The standard InChI is InChI=1S/C35H62O3/c1-6-7-8-9-10-11-12-13-14-15-16-17-18-19-20-21-22-23-26-38-34(36)25-24-31-27-32(29(2)3)35(37)33(28-31)30(4)5/h27-30,37H,6-26H2,1-5H3. The lowest BCUT2D eigenvalue weighted by atomic mass is 9.90. The maximum Gasteiger partial charge on any atom is 0.306 e. The molecule has 3 nitrogen and oxygen atoms in total. The minimum atomic E-state index is -0.109. The van der Waals surface area contributed by atoms with E-state index in [1.54, 1.807) is 0 Å². The summed E-state index contributed by atoms with van der Waals surface area (Å²) in [6, 6.07) is 4.10. The lowest BCUT2D eigenvalue weighted by Gasteiger charge is -2.17. The Kier molecular flexibility index (Phi) is 20.3. The van der Waals surface area contributed by atoms with Gasteiger partial charge in [0, 0.05) is 6.42 Å². The van der Waals surface area contributed by atoms with Crippen molar-refractivity contribution in [3.05, 3.63) is 28.8 Å². The first-order valence-electron chi connectivity index (χ1n) is 16.4. The van der Waals surface area contributed by atoms with E-state index in [-0.39, 0.29) is 17.8 Å². The van der Waals surface area contributed by atoms with Crippen molar-refractivity contribution < 1.29 is 14.6 Å². The molecular weight excluding hydrogens is 468 g/mol. The van der Waals surface area contributed by atoms with Gasteiger partial charge < -0.3 is 9.84 Å². The third kappa shape index (κ3) is 16.5. The summed E-state index contributed by atoms with van der Waals surface area (Å²) in [4.78, 5) is 12.2. The van der Waals surface area contributed by atoms with E-state index < -0.39 is 0 Å². The van der Waals surface area contributed by atoms with Gasteiger partial charge in [0.1, 0.15) is 5.75 Å². The van der Waals surface area contributed by atoms with Crippen LogP contribution in [-0.2, 0) is 16.0 Å². The fourth-order valence-corrected chi connectivity index (χ4v) is 5.28. The molecule has 0 aliphatic rings. The minimum absolute atomic E-state index is 0.109. The number of hydrogen-bond donors (Lipinski definition) is 1. The molecule has 0 amide bonds. The van der Waals surface area contributed by atoms with Gasteiger partial charge in [0.25, 0.3) is 0 Å². The first kappa shape index (κ1) is 34.5. The van der Waals surface area contributed by atoms with Crippen LogP contribution in [0.2, 0.25) is 0 Å². The van der Waals surface area contributed by atoms with Gasteiger partial charge in [0.15, 0.2) is 0 Å². The minimum Gasteiger partial charge on any atom is -0.507 e. The maximum absolute atomic E-state index is 12.2. The molecule has 0 saturated heterocycles. The summed E-state index contributed by atoms with van der Waals surface area (Å²) in [6.07, 6.45) is 25.5. The molecule has 0 heterocycles. The van der Waals surface area contributed by atoms with Crippen molar-refractivity contribution in [2.24, 2.45) is 0 Å². The molecule has 1 rings (SSSR count). The zero-order chi connectivity index (χ0) is 28.0. The van der Waals surface area contributed by atoms with Gasteiger partial charge in [0.05, 0.1) is 6.61 Å². The van der Waals surface area contributed by atoms with E-state index in [0.29, 0.717) is 25.2 Å². The van der Waals surface area contributed by atoms with Crippen LogP contribution in [0.4, 0.5) is 0 Å². The van der Waals surface area contributed by atoms with Gasteiger partial charge in [-0.2, -0.15) is 0 Å². The monoisotopic (exact) mass is 530 g/mol. The van der Waals surface area contributed by atoms with Crippen LogP contribution in [-0.4, -0.2) is 17.7 Å². The number of carbonyl (C=O) groups is 1. The molecular formula is C35H62O3. The highest BCUT2D eigenvalue weighted by atomic mass is 16.5.